The number of nitrogens with two attached hydrogens (primary N) is 1. The van der Waals surface area contributed by atoms with Gasteiger partial charge in [0, 0.05) is 37.6 Å². The molecule has 17 heavy (non-hydrogen) atoms. The van der Waals surface area contributed by atoms with Gasteiger partial charge in [-0.2, -0.15) is 0 Å². The standard InChI is InChI=1S/C13H25N3O/c1-9-5-10(2)16(12(6-9)7-14)8-11-3-4-13(17)15-11/h9-12H,3-8,14H2,1-2H3,(H,15,17). The number of piperidine rings is 1. The van der Waals surface area contributed by atoms with Gasteiger partial charge in [0.1, 0.15) is 0 Å². The maximum absolute atomic E-state index is 11.2. The zero-order valence-corrected chi connectivity index (χ0v) is 11.0. The molecule has 0 radical (unpaired) electrons. The number of hydrogen-bond acceptors (Lipinski definition) is 3. The summed E-state index contributed by atoms with van der Waals surface area (Å²) in [4.78, 5) is 13.7. The van der Waals surface area contributed by atoms with E-state index in [1.807, 2.05) is 0 Å². The third kappa shape index (κ3) is 2.99. The Balaban J connectivity index is 1.94. The van der Waals surface area contributed by atoms with E-state index in [1.165, 1.54) is 12.8 Å². The lowest BCUT2D eigenvalue weighted by molar-refractivity contribution is -0.119. The lowest BCUT2D eigenvalue weighted by Gasteiger charge is -2.44. The highest BCUT2D eigenvalue weighted by molar-refractivity contribution is 5.78. The zero-order chi connectivity index (χ0) is 12.4. The Morgan fingerprint density at radius 1 is 1.41 bits per heavy atom. The van der Waals surface area contributed by atoms with Gasteiger partial charge in [-0.05, 0) is 32.1 Å². The number of nitrogens with one attached hydrogen (secondary N) is 1. The third-order valence-corrected chi connectivity index (χ3v) is 4.24. The van der Waals surface area contributed by atoms with Crippen molar-refractivity contribution in [3.63, 3.8) is 0 Å². The van der Waals surface area contributed by atoms with Crippen LogP contribution in [0.5, 0.6) is 0 Å². The zero-order valence-electron chi connectivity index (χ0n) is 11.0. The van der Waals surface area contributed by atoms with Crippen LogP contribution >= 0.6 is 0 Å². The summed E-state index contributed by atoms with van der Waals surface area (Å²) in [6.07, 6.45) is 4.12. The fourth-order valence-electron chi connectivity index (χ4n) is 3.40. The van der Waals surface area contributed by atoms with Gasteiger partial charge in [-0.3, -0.25) is 9.69 Å². The highest BCUT2D eigenvalue weighted by Gasteiger charge is 2.33. The van der Waals surface area contributed by atoms with Gasteiger partial charge in [0.15, 0.2) is 0 Å². The predicted molar refractivity (Wildman–Crippen MR) is 68.6 cm³/mol. The minimum Gasteiger partial charge on any atom is -0.352 e. The first-order valence-electron chi connectivity index (χ1n) is 6.85. The maximum Gasteiger partial charge on any atom is 0.220 e. The molecule has 3 N–H and O–H groups in total. The first-order chi connectivity index (χ1) is 8.10. The van der Waals surface area contributed by atoms with Crippen LogP contribution in [0.1, 0.15) is 39.5 Å². The fourth-order valence-corrected chi connectivity index (χ4v) is 3.40. The van der Waals surface area contributed by atoms with Gasteiger partial charge in [0.05, 0.1) is 0 Å². The van der Waals surface area contributed by atoms with E-state index >= 15 is 0 Å². The minimum absolute atomic E-state index is 0.206. The van der Waals surface area contributed by atoms with Crippen LogP contribution in [0.2, 0.25) is 0 Å². The van der Waals surface area contributed by atoms with Gasteiger partial charge >= 0.3 is 0 Å². The van der Waals surface area contributed by atoms with Gasteiger partial charge in [-0.1, -0.05) is 6.92 Å². The van der Waals surface area contributed by atoms with Crippen molar-refractivity contribution in [2.24, 2.45) is 11.7 Å². The molecule has 2 saturated heterocycles. The second-order valence-electron chi connectivity index (χ2n) is 5.82. The molecule has 2 aliphatic rings. The van der Waals surface area contributed by atoms with Crippen LogP contribution in [0.25, 0.3) is 0 Å². The van der Waals surface area contributed by atoms with Crippen molar-refractivity contribution in [3.05, 3.63) is 0 Å². The third-order valence-electron chi connectivity index (χ3n) is 4.24. The van der Waals surface area contributed by atoms with E-state index in [4.69, 9.17) is 5.73 Å². The number of likely N-dealkylation sites (tertiary alicyclic amines) is 1. The average molecular weight is 239 g/mol. The molecular formula is C13H25N3O. The van der Waals surface area contributed by atoms with E-state index in [1.54, 1.807) is 0 Å². The van der Waals surface area contributed by atoms with Crippen LogP contribution in [0.15, 0.2) is 0 Å². The Kier molecular flexibility index (Phi) is 4.05. The molecule has 0 spiro atoms. The summed E-state index contributed by atoms with van der Waals surface area (Å²) in [5, 5.41) is 3.06. The number of rotatable bonds is 3. The minimum atomic E-state index is 0.206. The Bertz CT molecular complexity index is 282. The van der Waals surface area contributed by atoms with Crippen LogP contribution < -0.4 is 11.1 Å². The number of hydrogen-bond donors (Lipinski definition) is 2. The molecule has 0 aromatic carbocycles. The SMILES string of the molecule is CC1CC(C)N(CC2CCC(=O)N2)C(CN)C1. The fraction of sp³-hybridized carbons (Fsp3) is 0.923. The van der Waals surface area contributed by atoms with Gasteiger partial charge in [0.25, 0.3) is 0 Å². The highest BCUT2D eigenvalue weighted by atomic mass is 16.1. The summed E-state index contributed by atoms with van der Waals surface area (Å²) < 4.78 is 0. The number of carbonyl (C=O) groups is 1. The van der Waals surface area contributed by atoms with Gasteiger partial charge < -0.3 is 11.1 Å². The van der Waals surface area contributed by atoms with Crippen molar-refractivity contribution < 1.29 is 4.79 Å². The van der Waals surface area contributed by atoms with Crippen LogP contribution in [0.3, 0.4) is 0 Å². The molecule has 0 aromatic rings. The molecule has 1 amide bonds. The Morgan fingerprint density at radius 3 is 2.76 bits per heavy atom. The van der Waals surface area contributed by atoms with Crippen molar-refractivity contribution in [1.82, 2.24) is 10.2 Å². The van der Waals surface area contributed by atoms with Gasteiger partial charge in [0.2, 0.25) is 5.91 Å². The lowest BCUT2D eigenvalue weighted by atomic mass is 9.87. The normalized spacial score (nSPS) is 39.4. The van der Waals surface area contributed by atoms with E-state index in [9.17, 15) is 4.79 Å². The Hall–Kier alpha value is -0.610. The molecule has 0 bridgehead atoms. The Labute approximate surface area is 104 Å². The van der Waals surface area contributed by atoms with Crippen molar-refractivity contribution in [2.75, 3.05) is 13.1 Å². The van der Waals surface area contributed by atoms with Crippen LogP contribution in [-0.4, -0.2) is 42.0 Å². The van der Waals surface area contributed by atoms with E-state index in [0.29, 0.717) is 24.5 Å². The van der Waals surface area contributed by atoms with Crippen molar-refractivity contribution in [1.29, 1.82) is 0 Å². The van der Waals surface area contributed by atoms with Gasteiger partial charge in [-0.15, -0.1) is 0 Å². The molecule has 2 fully saturated rings. The van der Waals surface area contributed by atoms with E-state index in [2.05, 4.69) is 24.1 Å². The van der Waals surface area contributed by atoms with Crippen molar-refractivity contribution >= 4 is 5.91 Å². The van der Waals surface area contributed by atoms with E-state index < -0.39 is 0 Å². The molecule has 4 nitrogen and oxygen atoms in total. The molecule has 2 rings (SSSR count). The molecule has 0 saturated carbocycles. The largest absolute Gasteiger partial charge is 0.352 e. The molecule has 0 aromatic heterocycles. The lowest BCUT2D eigenvalue weighted by Crippen LogP contribution is -2.54. The second-order valence-corrected chi connectivity index (χ2v) is 5.82. The van der Waals surface area contributed by atoms with Crippen molar-refractivity contribution in [2.45, 2.75) is 57.7 Å². The molecule has 2 aliphatic heterocycles. The van der Waals surface area contributed by atoms with Crippen LogP contribution in [-0.2, 0) is 4.79 Å². The molecule has 98 valence electrons. The van der Waals surface area contributed by atoms with E-state index in [0.717, 1.165) is 25.4 Å². The molecular weight excluding hydrogens is 214 g/mol. The molecule has 4 atom stereocenters. The second kappa shape index (κ2) is 5.36. The summed E-state index contributed by atoms with van der Waals surface area (Å²) in [7, 11) is 0. The Morgan fingerprint density at radius 2 is 2.18 bits per heavy atom. The maximum atomic E-state index is 11.2. The summed E-state index contributed by atoms with van der Waals surface area (Å²) in [6.45, 7) is 6.31. The highest BCUT2D eigenvalue weighted by Crippen LogP contribution is 2.27. The van der Waals surface area contributed by atoms with Gasteiger partial charge in [-0.25, -0.2) is 0 Å². The van der Waals surface area contributed by atoms with Crippen LogP contribution in [0, 0.1) is 5.92 Å². The first-order valence-corrected chi connectivity index (χ1v) is 6.85. The van der Waals surface area contributed by atoms with E-state index in [-0.39, 0.29) is 5.91 Å². The summed E-state index contributed by atoms with van der Waals surface area (Å²) in [5.41, 5.74) is 5.89. The smallest absolute Gasteiger partial charge is 0.220 e. The number of nitrogens with zero attached hydrogens (tertiary/aromatic N) is 1. The summed E-state index contributed by atoms with van der Waals surface area (Å²) >= 11 is 0. The van der Waals surface area contributed by atoms with Crippen molar-refractivity contribution in [3.8, 4) is 0 Å². The summed E-state index contributed by atoms with van der Waals surface area (Å²) in [6, 6.07) is 1.42. The molecule has 4 heteroatoms. The number of carbonyl (C=O) groups excluding carboxylic acids is 1. The predicted octanol–water partition coefficient (Wildman–Crippen LogP) is 0.713. The summed E-state index contributed by atoms with van der Waals surface area (Å²) in [5.74, 6) is 0.977. The quantitative estimate of drug-likeness (QED) is 0.762. The molecule has 0 aliphatic carbocycles. The average Bonchev–Trinajstić information content (AvgIpc) is 2.67. The topological polar surface area (TPSA) is 58.4 Å². The number of amides is 1. The first kappa shape index (κ1) is 12.8. The van der Waals surface area contributed by atoms with Crippen LogP contribution in [0.4, 0.5) is 0 Å². The molecule has 4 unspecified atom stereocenters. The molecule has 2 heterocycles. The monoisotopic (exact) mass is 239 g/mol.